The molecule has 0 aliphatic heterocycles. The first kappa shape index (κ1) is 14.2. The summed E-state index contributed by atoms with van der Waals surface area (Å²) in [6, 6.07) is 12.4. The van der Waals surface area contributed by atoms with Crippen LogP contribution in [0.3, 0.4) is 0 Å². The molecule has 3 heteroatoms. The van der Waals surface area contributed by atoms with Crippen molar-refractivity contribution in [2.45, 2.75) is 45.5 Å². The van der Waals surface area contributed by atoms with Gasteiger partial charge in [-0.2, -0.15) is 0 Å². The summed E-state index contributed by atoms with van der Waals surface area (Å²) in [7, 11) is -1.70. The molecule has 0 saturated carbocycles. The zero-order valence-electron chi connectivity index (χ0n) is 12.5. The van der Waals surface area contributed by atoms with Crippen molar-refractivity contribution in [3.8, 4) is 0 Å². The van der Waals surface area contributed by atoms with Crippen LogP contribution in [-0.2, 0) is 11.0 Å². The highest BCUT2D eigenvalue weighted by atomic mass is 28.4. The summed E-state index contributed by atoms with van der Waals surface area (Å²) in [5, 5.41) is 1.42. The molecule has 0 unspecified atom stereocenters. The summed E-state index contributed by atoms with van der Waals surface area (Å²) < 4.78 is 6.21. The molecule has 19 heavy (non-hydrogen) atoms. The fourth-order valence-corrected chi connectivity index (χ4v) is 2.60. The molecule has 2 aromatic rings. The van der Waals surface area contributed by atoms with Gasteiger partial charge < -0.3 is 4.43 Å². The van der Waals surface area contributed by atoms with E-state index in [1.54, 1.807) is 0 Å². The Kier molecular flexibility index (Phi) is 3.79. The number of rotatable bonds is 3. The zero-order valence-corrected chi connectivity index (χ0v) is 13.5. The topological polar surface area (TPSA) is 22.1 Å². The molecule has 1 heterocycles. The van der Waals surface area contributed by atoms with Crippen LogP contribution < -0.4 is 0 Å². The van der Waals surface area contributed by atoms with E-state index in [9.17, 15) is 0 Å². The Balaban J connectivity index is 2.14. The number of aromatic nitrogens is 1. The van der Waals surface area contributed by atoms with Crippen LogP contribution in [0.25, 0.3) is 10.9 Å². The summed E-state index contributed by atoms with van der Waals surface area (Å²) in [6.07, 6.45) is 0. The van der Waals surface area contributed by atoms with Crippen molar-refractivity contribution in [2.75, 3.05) is 0 Å². The van der Waals surface area contributed by atoms with Crippen LogP contribution in [0, 0.1) is 0 Å². The van der Waals surface area contributed by atoms with Gasteiger partial charge in [0.1, 0.15) is 0 Å². The van der Waals surface area contributed by atoms with E-state index in [0.29, 0.717) is 6.61 Å². The van der Waals surface area contributed by atoms with E-state index >= 15 is 0 Å². The van der Waals surface area contributed by atoms with Crippen molar-refractivity contribution in [1.82, 2.24) is 4.98 Å². The monoisotopic (exact) mass is 273 g/mol. The average molecular weight is 273 g/mol. The van der Waals surface area contributed by atoms with E-state index in [1.807, 2.05) is 18.2 Å². The molecule has 0 atom stereocenters. The van der Waals surface area contributed by atoms with Crippen molar-refractivity contribution in [2.24, 2.45) is 0 Å². The summed E-state index contributed by atoms with van der Waals surface area (Å²) in [5.41, 5.74) is 2.06. The van der Waals surface area contributed by atoms with Crippen molar-refractivity contribution in [1.29, 1.82) is 0 Å². The normalized spacial score (nSPS) is 12.9. The highest BCUT2D eigenvalue weighted by molar-refractivity contribution is 6.74. The largest absolute Gasteiger partial charge is 0.411 e. The predicted molar refractivity (Wildman–Crippen MR) is 83.7 cm³/mol. The molecule has 2 nitrogen and oxygen atoms in total. The second-order valence-electron chi connectivity index (χ2n) is 6.54. The quantitative estimate of drug-likeness (QED) is 0.752. The molecule has 0 aliphatic carbocycles. The molecule has 0 bridgehead atoms. The maximum absolute atomic E-state index is 6.21. The first-order chi connectivity index (χ1) is 8.79. The minimum Gasteiger partial charge on any atom is -0.411 e. The highest BCUT2D eigenvalue weighted by Gasteiger charge is 2.37. The van der Waals surface area contributed by atoms with Gasteiger partial charge in [-0.15, -0.1) is 0 Å². The molecule has 2 rings (SSSR count). The van der Waals surface area contributed by atoms with Crippen LogP contribution in [0.4, 0.5) is 0 Å². The lowest BCUT2D eigenvalue weighted by Gasteiger charge is -2.36. The van der Waals surface area contributed by atoms with Gasteiger partial charge >= 0.3 is 0 Å². The molecule has 0 aliphatic rings. The maximum atomic E-state index is 6.21. The summed E-state index contributed by atoms with van der Waals surface area (Å²) in [5.74, 6) is 0. The third-order valence-corrected chi connectivity index (χ3v) is 8.52. The Morgan fingerprint density at radius 1 is 1.05 bits per heavy atom. The van der Waals surface area contributed by atoms with Gasteiger partial charge in [-0.05, 0) is 30.3 Å². The Bertz CT molecular complexity index is 572. The van der Waals surface area contributed by atoms with Gasteiger partial charge in [-0.3, -0.25) is 4.98 Å². The van der Waals surface area contributed by atoms with Crippen LogP contribution in [0.2, 0.25) is 18.1 Å². The van der Waals surface area contributed by atoms with E-state index < -0.39 is 8.32 Å². The van der Waals surface area contributed by atoms with Crippen molar-refractivity contribution in [3.05, 3.63) is 42.1 Å². The van der Waals surface area contributed by atoms with Crippen molar-refractivity contribution in [3.63, 3.8) is 0 Å². The second-order valence-corrected chi connectivity index (χ2v) is 11.4. The molecule has 0 fully saturated rings. The second kappa shape index (κ2) is 5.06. The van der Waals surface area contributed by atoms with Gasteiger partial charge in [0.05, 0.1) is 17.8 Å². The maximum Gasteiger partial charge on any atom is 0.192 e. The molecule has 0 radical (unpaired) electrons. The first-order valence-electron chi connectivity index (χ1n) is 6.78. The number of fused-ring (bicyclic) bond motifs is 1. The van der Waals surface area contributed by atoms with Gasteiger partial charge in [-0.1, -0.05) is 45.0 Å². The number of para-hydroxylation sites is 1. The molecule has 0 amide bonds. The summed E-state index contributed by atoms with van der Waals surface area (Å²) in [4.78, 5) is 4.66. The first-order valence-corrected chi connectivity index (χ1v) is 9.69. The average Bonchev–Trinajstić information content (AvgIpc) is 2.35. The Hall–Kier alpha value is -1.19. The smallest absolute Gasteiger partial charge is 0.192 e. The Morgan fingerprint density at radius 3 is 2.42 bits per heavy atom. The third-order valence-electron chi connectivity index (χ3n) is 4.04. The highest BCUT2D eigenvalue weighted by Crippen LogP contribution is 2.37. The van der Waals surface area contributed by atoms with Crippen LogP contribution in [0.1, 0.15) is 26.5 Å². The fraction of sp³-hybridized carbons (Fsp3) is 0.438. The van der Waals surface area contributed by atoms with Gasteiger partial charge in [-0.25, -0.2) is 0 Å². The van der Waals surface area contributed by atoms with E-state index in [4.69, 9.17) is 4.43 Å². The zero-order chi connectivity index (χ0) is 14.1. The van der Waals surface area contributed by atoms with Crippen molar-refractivity contribution < 1.29 is 4.43 Å². The molecule has 0 spiro atoms. The Morgan fingerprint density at radius 2 is 1.74 bits per heavy atom. The lowest BCUT2D eigenvalue weighted by atomic mass is 10.2. The number of benzene rings is 1. The molecule has 0 N–H and O–H groups in total. The van der Waals surface area contributed by atoms with Crippen LogP contribution in [0.5, 0.6) is 0 Å². The SMILES string of the molecule is CC(C)(C)[Si](C)(C)OCc1ccc2ccccc2n1. The van der Waals surface area contributed by atoms with E-state index in [2.05, 4.69) is 57.0 Å². The van der Waals surface area contributed by atoms with Crippen LogP contribution in [0.15, 0.2) is 36.4 Å². The molecular weight excluding hydrogens is 250 g/mol. The standard InChI is InChI=1S/C16H23NOSi/c1-16(2,3)19(4,5)18-12-14-11-10-13-8-6-7-9-15(13)17-14/h6-11H,12H2,1-5H3. The lowest BCUT2D eigenvalue weighted by Crippen LogP contribution is -2.40. The number of hydrogen-bond donors (Lipinski definition) is 0. The minimum atomic E-state index is -1.70. The van der Waals surface area contributed by atoms with Gasteiger partial charge in [0, 0.05) is 5.39 Å². The van der Waals surface area contributed by atoms with Gasteiger partial charge in [0.15, 0.2) is 8.32 Å². The van der Waals surface area contributed by atoms with E-state index in [0.717, 1.165) is 11.2 Å². The Labute approximate surface area is 117 Å². The van der Waals surface area contributed by atoms with Gasteiger partial charge in [0.25, 0.3) is 0 Å². The number of hydrogen-bond acceptors (Lipinski definition) is 2. The van der Waals surface area contributed by atoms with E-state index in [1.165, 1.54) is 5.39 Å². The van der Waals surface area contributed by atoms with Crippen LogP contribution in [-0.4, -0.2) is 13.3 Å². The molecule has 1 aromatic heterocycles. The van der Waals surface area contributed by atoms with Crippen molar-refractivity contribution >= 4 is 19.2 Å². The fourth-order valence-electron chi connectivity index (χ4n) is 1.66. The molecule has 0 saturated heterocycles. The summed E-state index contributed by atoms with van der Waals surface area (Å²) >= 11 is 0. The van der Waals surface area contributed by atoms with Gasteiger partial charge in [0.2, 0.25) is 0 Å². The predicted octanol–water partition coefficient (Wildman–Crippen LogP) is 4.76. The van der Waals surface area contributed by atoms with Crippen LogP contribution >= 0.6 is 0 Å². The third kappa shape index (κ3) is 3.22. The van der Waals surface area contributed by atoms with E-state index in [-0.39, 0.29) is 5.04 Å². The lowest BCUT2D eigenvalue weighted by molar-refractivity contribution is 0.272. The molecule has 1 aromatic carbocycles. The molecule has 102 valence electrons. The number of nitrogens with zero attached hydrogens (tertiary/aromatic N) is 1. The number of pyridine rings is 1. The molecular formula is C16H23NOSi. The summed E-state index contributed by atoms with van der Waals surface area (Å²) in [6.45, 7) is 11.9. The minimum absolute atomic E-state index is 0.240.